The van der Waals surface area contributed by atoms with Crippen molar-refractivity contribution in [3.63, 3.8) is 0 Å². The Morgan fingerprint density at radius 1 is 1.05 bits per heavy atom. The third-order valence-electron chi connectivity index (χ3n) is 7.50. The molecule has 0 radical (unpaired) electrons. The lowest BCUT2D eigenvalue weighted by Crippen LogP contribution is -2.58. The Balaban J connectivity index is 1.67. The summed E-state index contributed by atoms with van der Waals surface area (Å²) < 4.78 is 35.7. The standard InChI is InChI=1S/C30H37N5O4S/c1-18-8-6-9-19(2)27(18)25-15-26-33-29(32-25)34-40(37,38)24-11-7-10-20(12-24)28(36)35(22-13-21(31)14-22)23(17-39-26)16-30(3,4)5/h6-12,15,21-23H,13-14,16-17,31H2,1-5H3,(H,32,33,34)/t21?,22?,23-/m1/s1. The molecule has 5 rings (SSSR count). The van der Waals surface area contributed by atoms with Crippen molar-refractivity contribution < 1.29 is 17.9 Å². The molecule has 1 atom stereocenters. The van der Waals surface area contributed by atoms with E-state index >= 15 is 0 Å². The van der Waals surface area contributed by atoms with E-state index in [1.165, 1.54) is 12.1 Å². The zero-order chi connectivity index (χ0) is 28.8. The first-order valence-electron chi connectivity index (χ1n) is 13.6. The topological polar surface area (TPSA) is 128 Å². The van der Waals surface area contributed by atoms with E-state index in [0.717, 1.165) is 16.7 Å². The van der Waals surface area contributed by atoms with Crippen molar-refractivity contribution in [3.05, 3.63) is 65.2 Å². The van der Waals surface area contributed by atoms with E-state index in [0.29, 0.717) is 30.5 Å². The number of aryl methyl sites for hydroxylation is 2. The van der Waals surface area contributed by atoms with Crippen LogP contribution in [0.4, 0.5) is 5.95 Å². The number of anilines is 1. The SMILES string of the molecule is Cc1cccc(C)c1-c1cc2nc(n1)NS(=O)(=O)c1cccc(c1)C(=O)N(C1CC(N)C1)[C@H](CC(C)(C)C)CO2. The first-order chi connectivity index (χ1) is 18.8. The average Bonchev–Trinajstić information content (AvgIpc) is 2.84. The molecule has 4 bridgehead atoms. The van der Waals surface area contributed by atoms with Crippen molar-refractivity contribution in [3.8, 4) is 17.1 Å². The van der Waals surface area contributed by atoms with Crippen molar-refractivity contribution in [2.45, 2.75) is 76.9 Å². The molecule has 0 unspecified atom stereocenters. The van der Waals surface area contributed by atoms with Crippen LogP contribution in [-0.2, 0) is 10.0 Å². The highest BCUT2D eigenvalue weighted by Crippen LogP contribution is 2.34. The van der Waals surface area contributed by atoms with Gasteiger partial charge < -0.3 is 15.4 Å². The van der Waals surface area contributed by atoms with Crippen LogP contribution in [0.25, 0.3) is 11.3 Å². The zero-order valence-electron chi connectivity index (χ0n) is 23.6. The normalized spacial score (nSPS) is 22.6. The monoisotopic (exact) mass is 563 g/mol. The molecule has 1 saturated carbocycles. The van der Waals surface area contributed by atoms with E-state index in [4.69, 9.17) is 10.5 Å². The number of aromatic nitrogens is 2. The van der Waals surface area contributed by atoms with Crippen LogP contribution < -0.4 is 15.2 Å². The third kappa shape index (κ3) is 5.83. The summed E-state index contributed by atoms with van der Waals surface area (Å²) in [4.78, 5) is 24.9. The van der Waals surface area contributed by atoms with Gasteiger partial charge in [-0.2, -0.15) is 4.98 Å². The number of carbonyl (C=O) groups excluding carboxylic acids is 1. The van der Waals surface area contributed by atoms with E-state index < -0.39 is 10.0 Å². The number of ether oxygens (including phenoxy) is 1. The van der Waals surface area contributed by atoms with Crippen molar-refractivity contribution in [2.75, 3.05) is 11.3 Å². The smallest absolute Gasteiger partial charge is 0.264 e. The van der Waals surface area contributed by atoms with E-state index in [1.54, 1.807) is 18.2 Å². The number of rotatable bonds is 3. The quantitative estimate of drug-likeness (QED) is 0.473. The molecule has 0 saturated heterocycles. The van der Waals surface area contributed by atoms with Crippen LogP contribution >= 0.6 is 0 Å². The number of amides is 1. The maximum absolute atomic E-state index is 14.0. The van der Waals surface area contributed by atoms with Gasteiger partial charge in [0.2, 0.25) is 11.8 Å². The molecule has 40 heavy (non-hydrogen) atoms. The van der Waals surface area contributed by atoms with Gasteiger partial charge in [-0.05, 0) is 67.9 Å². The number of carbonyl (C=O) groups is 1. The molecule has 1 aliphatic heterocycles. The highest BCUT2D eigenvalue weighted by molar-refractivity contribution is 7.92. The van der Waals surface area contributed by atoms with Gasteiger partial charge in [0.15, 0.2) is 0 Å². The fourth-order valence-electron chi connectivity index (χ4n) is 5.63. The Bertz CT molecular complexity index is 1520. The van der Waals surface area contributed by atoms with Crippen molar-refractivity contribution in [1.29, 1.82) is 0 Å². The first kappa shape index (κ1) is 28.0. The molecule has 2 aromatic carbocycles. The van der Waals surface area contributed by atoms with Gasteiger partial charge in [-0.15, -0.1) is 0 Å². The summed E-state index contributed by atoms with van der Waals surface area (Å²) in [7, 11) is -4.10. The second-order valence-corrected chi connectivity index (χ2v) is 13.8. The van der Waals surface area contributed by atoms with E-state index in [1.807, 2.05) is 36.9 Å². The Hall–Kier alpha value is -3.50. The Kier molecular flexibility index (Phi) is 7.35. The van der Waals surface area contributed by atoms with Crippen LogP contribution in [0.2, 0.25) is 0 Å². The average molecular weight is 564 g/mol. The molecule has 2 heterocycles. The highest BCUT2D eigenvalue weighted by Gasteiger charge is 2.40. The fraction of sp³-hybridized carbons (Fsp3) is 0.433. The van der Waals surface area contributed by atoms with Crippen LogP contribution in [0, 0.1) is 19.3 Å². The number of fused-ring (bicyclic) bond motifs is 4. The van der Waals surface area contributed by atoms with Gasteiger partial charge in [0.25, 0.3) is 15.9 Å². The van der Waals surface area contributed by atoms with Gasteiger partial charge in [-0.1, -0.05) is 45.0 Å². The van der Waals surface area contributed by atoms with E-state index in [-0.39, 0.29) is 52.8 Å². The van der Waals surface area contributed by atoms with Crippen LogP contribution in [-0.4, -0.2) is 53.9 Å². The summed E-state index contributed by atoms with van der Waals surface area (Å²) in [5.41, 5.74) is 9.75. The van der Waals surface area contributed by atoms with Crippen LogP contribution in [0.3, 0.4) is 0 Å². The summed E-state index contributed by atoms with van der Waals surface area (Å²) in [6.45, 7) is 10.5. The predicted octanol–water partition coefficient (Wildman–Crippen LogP) is 4.69. The molecular weight excluding hydrogens is 526 g/mol. The molecule has 1 aliphatic carbocycles. The molecule has 2 aliphatic rings. The minimum Gasteiger partial charge on any atom is -0.475 e. The zero-order valence-corrected chi connectivity index (χ0v) is 24.5. The number of hydrogen-bond acceptors (Lipinski definition) is 7. The number of benzene rings is 2. The molecule has 1 amide bonds. The fourth-order valence-corrected chi connectivity index (χ4v) is 6.62. The van der Waals surface area contributed by atoms with Gasteiger partial charge in [0.05, 0.1) is 16.6 Å². The molecule has 0 spiro atoms. The minimum atomic E-state index is -4.10. The highest BCUT2D eigenvalue weighted by atomic mass is 32.2. The summed E-state index contributed by atoms with van der Waals surface area (Å²) in [6.07, 6.45) is 2.03. The van der Waals surface area contributed by atoms with E-state index in [9.17, 15) is 13.2 Å². The molecule has 9 nitrogen and oxygen atoms in total. The lowest BCUT2D eigenvalue weighted by atomic mass is 9.82. The number of sulfonamides is 1. The Morgan fingerprint density at radius 3 is 2.38 bits per heavy atom. The van der Waals surface area contributed by atoms with Crippen LogP contribution in [0.15, 0.2) is 53.4 Å². The summed E-state index contributed by atoms with van der Waals surface area (Å²) in [5.74, 6) is -0.103. The molecule has 3 aromatic rings. The summed E-state index contributed by atoms with van der Waals surface area (Å²) in [5, 5.41) is 0. The Labute approximate surface area is 236 Å². The van der Waals surface area contributed by atoms with Crippen LogP contribution in [0.5, 0.6) is 5.88 Å². The number of hydrogen-bond donors (Lipinski definition) is 2. The molecule has 1 fully saturated rings. The van der Waals surface area contributed by atoms with Crippen LogP contribution in [0.1, 0.15) is 61.5 Å². The lowest BCUT2D eigenvalue weighted by Gasteiger charge is -2.46. The third-order valence-corrected chi connectivity index (χ3v) is 8.83. The van der Waals surface area contributed by atoms with Gasteiger partial charge in [-0.25, -0.2) is 18.1 Å². The van der Waals surface area contributed by atoms with E-state index in [2.05, 4.69) is 35.5 Å². The van der Waals surface area contributed by atoms with Crippen molar-refractivity contribution >= 4 is 21.9 Å². The maximum atomic E-state index is 14.0. The summed E-state index contributed by atoms with van der Waals surface area (Å²) in [6, 6.07) is 13.4. The van der Waals surface area contributed by atoms with Gasteiger partial charge in [-0.3, -0.25) is 4.79 Å². The minimum absolute atomic E-state index is 0.0267. The first-order valence-corrected chi connectivity index (χ1v) is 15.1. The van der Waals surface area contributed by atoms with Gasteiger partial charge in [0, 0.05) is 29.3 Å². The number of nitrogens with two attached hydrogens (primary N) is 1. The number of nitrogens with zero attached hydrogens (tertiary/aromatic N) is 3. The molecular formula is C30H37N5O4S. The molecule has 1 aromatic heterocycles. The maximum Gasteiger partial charge on any atom is 0.264 e. The largest absolute Gasteiger partial charge is 0.475 e. The second-order valence-electron chi connectivity index (χ2n) is 12.1. The Morgan fingerprint density at radius 2 is 1.73 bits per heavy atom. The predicted molar refractivity (Wildman–Crippen MR) is 155 cm³/mol. The second kappa shape index (κ2) is 10.5. The van der Waals surface area contributed by atoms with Crippen molar-refractivity contribution in [1.82, 2.24) is 14.9 Å². The number of nitrogens with one attached hydrogen (secondary N) is 1. The van der Waals surface area contributed by atoms with Gasteiger partial charge >= 0.3 is 0 Å². The molecule has 3 N–H and O–H groups in total. The summed E-state index contributed by atoms with van der Waals surface area (Å²) >= 11 is 0. The van der Waals surface area contributed by atoms with Crippen molar-refractivity contribution in [2.24, 2.45) is 11.1 Å². The molecule has 212 valence electrons. The lowest BCUT2D eigenvalue weighted by molar-refractivity contribution is 0.0202. The molecule has 10 heteroatoms. The van der Waals surface area contributed by atoms with Gasteiger partial charge in [0.1, 0.15) is 6.61 Å².